The fourth-order valence-electron chi connectivity index (χ4n) is 2.74. The van der Waals surface area contributed by atoms with Crippen LogP contribution >= 0.6 is 35.3 Å². The third-order valence-corrected chi connectivity index (χ3v) is 8.36. The van der Waals surface area contributed by atoms with Gasteiger partial charge in [-0.15, -0.1) is 35.3 Å². The molecule has 1 aromatic heterocycles. The highest BCUT2D eigenvalue weighted by Crippen LogP contribution is 2.38. The minimum atomic E-state index is -0.264. The van der Waals surface area contributed by atoms with Crippen molar-refractivity contribution in [2.24, 2.45) is 0 Å². The van der Waals surface area contributed by atoms with Crippen LogP contribution in [0.3, 0.4) is 0 Å². The Kier molecular flexibility index (Phi) is 5.57. The van der Waals surface area contributed by atoms with Gasteiger partial charge in [-0.05, 0) is 48.5 Å². The largest absolute Gasteiger partial charge is 0.303 e. The number of benzene rings is 2. The summed E-state index contributed by atoms with van der Waals surface area (Å²) in [6.07, 6.45) is 2.77. The van der Waals surface area contributed by atoms with Gasteiger partial charge in [-0.2, -0.15) is 0 Å². The van der Waals surface area contributed by atoms with Gasteiger partial charge in [-0.3, -0.25) is 0 Å². The molecule has 1 saturated heterocycles. The Bertz CT molecular complexity index is 873. The number of imidazole rings is 1. The van der Waals surface area contributed by atoms with E-state index in [4.69, 9.17) is 4.98 Å². The van der Waals surface area contributed by atoms with Gasteiger partial charge in [0, 0.05) is 34.0 Å². The summed E-state index contributed by atoms with van der Waals surface area (Å²) in [7, 11) is 0. The van der Waals surface area contributed by atoms with Gasteiger partial charge in [-0.25, -0.2) is 13.8 Å². The average molecular weight is 407 g/mol. The standard InChI is InChI=1S/C19H16F2N2S3/c20-14-3-1-13(2-4-14)17-10-23(16-7-5-15(21)6-8-16)18(22-17)9-19-25-11-24-12-26-19/h1-8,10,19H,9,11-12H2. The second-order valence-corrected chi connectivity index (χ2v) is 10.2. The van der Waals surface area contributed by atoms with Crippen molar-refractivity contribution in [1.82, 2.24) is 9.55 Å². The van der Waals surface area contributed by atoms with E-state index in [9.17, 15) is 8.78 Å². The molecular formula is C19H16F2N2S3. The van der Waals surface area contributed by atoms with E-state index in [1.54, 1.807) is 24.3 Å². The predicted octanol–water partition coefficient (Wildman–Crippen LogP) is 5.81. The summed E-state index contributed by atoms with van der Waals surface area (Å²) < 4.78 is 29.0. The van der Waals surface area contributed by atoms with E-state index in [0.29, 0.717) is 4.58 Å². The lowest BCUT2D eigenvalue weighted by Gasteiger charge is -2.20. The number of halogens is 2. The molecule has 2 aromatic carbocycles. The molecule has 134 valence electrons. The first-order valence-electron chi connectivity index (χ1n) is 8.10. The summed E-state index contributed by atoms with van der Waals surface area (Å²) in [6, 6.07) is 12.8. The monoisotopic (exact) mass is 406 g/mol. The van der Waals surface area contributed by atoms with Crippen LogP contribution in [0.5, 0.6) is 0 Å². The Morgan fingerprint density at radius 1 is 0.923 bits per heavy atom. The third-order valence-electron chi connectivity index (χ3n) is 4.05. The molecule has 0 unspecified atom stereocenters. The Balaban J connectivity index is 1.71. The zero-order valence-electron chi connectivity index (χ0n) is 13.8. The summed E-state index contributed by atoms with van der Waals surface area (Å²) in [5.74, 6) is 0.414. The SMILES string of the molecule is Fc1ccc(-c2cn(-c3ccc(F)cc3)c(CC3SCSCS3)n2)cc1. The molecule has 0 spiro atoms. The molecule has 1 fully saturated rings. The Morgan fingerprint density at radius 2 is 1.54 bits per heavy atom. The first-order chi connectivity index (χ1) is 12.7. The Labute approximate surface area is 163 Å². The van der Waals surface area contributed by atoms with Crippen LogP contribution in [0.4, 0.5) is 8.78 Å². The van der Waals surface area contributed by atoms with Gasteiger partial charge in [0.25, 0.3) is 0 Å². The Hall–Kier alpha value is -1.44. The second-order valence-electron chi connectivity index (χ2n) is 5.80. The first kappa shape index (κ1) is 17.9. The molecule has 0 aliphatic carbocycles. The molecule has 0 radical (unpaired) electrons. The second kappa shape index (κ2) is 8.06. The van der Waals surface area contributed by atoms with Crippen LogP contribution < -0.4 is 0 Å². The molecule has 4 rings (SSSR count). The van der Waals surface area contributed by atoms with Crippen molar-refractivity contribution in [2.75, 3.05) is 10.2 Å². The van der Waals surface area contributed by atoms with E-state index in [2.05, 4.69) is 0 Å². The number of hydrogen-bond donors (Lipinski definition) is 0. The minimum Gasteiger partial charge on any atom is -0.303 e. The molecule has 26 heavy (non-hydrogen) atoms. The van der Waals surface area contributed by atoms with Gasteiger partial charge in [0.1, 0.15) is 17.5 Å². The molecule has 7 heteroatoms. The zero-order valence-corrected chi connectivity index (χ0v) is 16.2. The molecule has 2 nitrogen and oxygen atoms in total. The van der Waals surface area contributed by atoms with Crippen LogP contribution in [0.25, 0.3) is 16.9 Å². The highest BCUT2D eigenvalue weighted by molar-refractivity contribution is 8.32. The number of rotatable bonds is 4. The smallest absolute Gasteiger partial charge is 0.123 e. The number of nitrogens with zero attached hydrogens (tertiary/aromatic N) is 2. The van der Waals surface area contributed by atoms with Gasteiger partial charge in [0.15, 0.2) is 0 Å². The van der Waals surface area contributed by atoms with Crippen molar-refractivity contribution in [1.29, 1.82) is 0 Å². The van der Waals surface area contributed by atoms with Crippen LogP contribution in [0.2, 0.25) is 0 Å². The molecule has 0 N–H and O–H groups in total. The van der Waals surface area contributed by atoms with Crippen LogP contribution in [-0.2, 0) is 6.42 Å². The topological polar surface area (TPSA) is 17.8 Å². The maximum Gasteiger partial charge on any atom is 0.123 e. The van der Waals surface area contributed by atoms with Gasteiger partial charge in [-0.1, -0.05) is 0 Å². The predicted molar refractivity (Wildman–Crippen MR) is 109 cm³/mol. The average Bonchev–Trinajstić information content (AvgIpc) is 3.07. The van der Waals surface area contributed by atoms with Crippen molar-refractivity contribution in [3.8, 4) is 16.9 Å². The maximum absolute atomic E-state index is 13.3. The summed E-state index contributed by atoms with van der Waals surface area (Å²) >= 11 is 5.81. The minimum absolute atomic E-state index is 0.260. The number of hydrogen-bond acceptors (Lipinski definition) is 4. The van der Waals surface area contributed by atoms with E-state index >= 15 is 0 Å². The lowest BCUT2D eigenvalue weighted by atomic mass is 10.2. The van der Waals surface area contributed by atoms with E-state index in [1.165, 1.54) is 24.3 Å². The molecule has 0 saturated carbocycles. The molecule has 0 bridgehead atoms. The van der Waals surface area contributed by atoms with Crippen molar-refractivity contribution < 1.29 is 8.78 Å². The summed E-state index contributed by atoms with van der Waals surface area (Å²) in [4.78, 5) is 4.82. The normalized spacial score (nSPS) is 15.3. The Morgan fingerprint density at radius 3 is 2.19 bits per heavy atom. The maximum atomic E-state index is 13.3. The number of thioether (sulfide) groups is 3. The molecule has 1 aliphatic rings. The van der Waals surface area contributed by atoms with Crippen LogP contribution in [0.1, 0.15) is 5.82 Å². The molecule has 0 atom stereocenters. The lowest BCUT2D eigenvalue weighted by molar-refractivity contribution is 0.627. The summed E-state index contributed by atoms with van der Waals surface area (Å²) in [6.45, 7) is 0. The lowest BCUT2D eigenvalue weighted by Crippen LogP contribution is -2.11. The van der Waals surface area contributed by atoms with E-state index in [-0.39, 0.29) is 11.6 Å². The molecular weight excluding hydrogens is 390 g/mol. The first-order valence-corrected chi connectivity index (χ1v) is 11.4. The quantitative estimate of drug-likeness (QED) is 0.543. The summed E-state index contributed by atoms with van der Waals surface area (Å²) in [5.41, 5.74) is 2.54. The van der Waals surface area contributed by atoms with Gasteiger partial charge in [0.05, 0.1) is 10.3 Å². The van der Waals surface area contributed by atoms with Crippen molar-refractivity contribution in [3.63, 3.8) is 0 Å². The van der Waals surface area contributed by atoms with Crippen LogP contribution in [0, 0.1) is 11.6 Å². The van der Waals surface area contributed by atoms with Crippen LogP contribution in [0.15, 0.2) is 54.7 Å². The molecule has 0 amide bonds. The van der Waals surface area contributed by atoms with Crippen molar-refractivity contribution in [3.05, 3.63) is 72.2 Å². The van der Waals surface area contributed by atoms with Crippen molar-refractivity contribution >= 4 is 35.3 Å². The fourth-order valence-corrected chi connectivity index (χ4v) is 7.53. The highest BCUT2D eigenvalue weighted by Gasteiger charge is 2.20. The van der Waals surface area contributed by atoms with E-state index < -0.39 is 0 Å². The third kappa shape index (κ3) is 4.10. The fraction of sp³-hybridized carbons (Fsp3) is 0.211. The van der Waals surface area contributed by atoms with E-state index in [0.717, 1.165) is 39.4 Å². The van der Waals surface area contributed by atoms with Crippen molar-refractivity contribution in [2.45, 2.75) is 11.0 Å². The zero-order chi connectivity index (χ0) is 17.9. The van der Waals surface area contributed by atoms with Gasteiger partial charge < -0.3 is 4.57 Å². The number of aromatic nitrogens is 2. The molecule has 1 aliphatic heterocycles. The van der Waals surface area contributed by atoms with Crippen LogP contribution in [-0.4, -0.2) is 24.3 Å². The van der Waals surface area contributed by atoms with Gasteiger partial charge in [0.2, 0.25) is 0 Å². The highest BCUT2D eigenvalue weighted by atomic mass is 32.3. The molecule has 2 heterocycles. The molecule has 3 aromatic rings. The van der Waals surface area contributed by atoms with Gasteiger partial charge >= 0.3 is 0 Å². The summed E-state index contributed by atoms with van der Waals surface area (Å²) in [5, 5.41) is 2.19. The van der Waals surface area contributed by atoms with E-state index in [1.807, 2.05) is 46.0 Å².